The van der Waals surface area contributed by atoms with E-state index in [-0.39, 0.29) is 196 Å². The van der Waals surface area contributed by atoms with Gasteiger partial charge in [0.05, 0.1) is 0 Å². The van der Waals surface area contributed by atoms with Crippen LogP contribution in [0.25, 0.3) is 131 Å². The van der Waals surface area contributed by atoms with Crippen molar-refractivity contribution in [3.8, 4) is 66.8 Å². The van der Waals surface area contributed by atoms with Gasteiger partial charge < -0.3 is 0 Å². The van der Waals surface area contributed by atoms with E-state index in [4.69, 9.17) is 0 Å². The second-order valence-electron chi connectivity index (χ2n) is 25.2. The van der Waals surface area contributed by atoms with Gasteiger partial charge in [0.15, 0.2) is 0 Å². The van der Waals surface area contributed by atoms with E-state index < -0.39 is 0 Å². The van der Waals surface area contributed by atoms with Gasteiger partial charge in [-0.2, -0.15) is 200 Å². The van der Waals surface area contributed by atoms with Gasteiger partial charge in [-0.15, -0.1) is 190 Å². The predicted molar refractivity (Wildman–Crippen MR) is 635 cm³/mol. The number of aryl methyl sites for hydroxylation is 6. The zero-order valence-electron chi connectivity index (χ0n) is 97.6. The molecular formula is C138H180Y6-12. The van der Waals surface area contributed by atoms with Crippen molar-refractivity contribution in [2.75, 3.05) is 0 Å². The van der Waals surface area contributed by atoms with Crippen LogP contribution in [0.15, 0.2) is 328 Å². The van der Waals surface area contributed by atoms with Gasteiger partial charge in [-0.05, 0) is 6.92 Å². The molecule has 0 aliphatic rings. The maximum atomic E-state index is 3.44. The Hall–Kier alpha value is -5.86. The van der Waals surface area contributed by atoms with Crippen molar-refractivity contribution in [3.63, 3.8) is 0 Å². The molecule has 0 aromatic heterocycles. The first kappa shape index (κ1) is 163. The van der Waals surface area contributed by atoms with Crippen LogP contribution in [0.3, 0.4) is 0 Å². The SMILES string of the molecule is CC.CC.CC.CC.CC.CC.CC.CC.CC.CC.CC.CC.CC.CC.CC.CC.CC.CC.Cc1[c-]c(-c2[c-]ccc3ccccc23)ccc1.Cc1[c-]c(-c2[c-]cccc2)c2ccccc2c1.Cc1c[c-]c(-c2[c-]ccc3ccccc23)cc1.Cc1c[c-]c(-c2[c-]cccc2)c2ccccc12.Cc1cc[c-]c(-c2[c-]ccc3ccccc23)c1.Cc1ccc2c(-c3[c-]cccc3)[c-]ccc2c1.[Y].[Y].[Y].[Y].[Y].[Y]. The average Bonchev–Trinajstić information content (AvgIpc) is 0.805. The van der Waals surface area contributed by atoms with E-state index in [1.807, 2.05) is 340 Å². The Kier molecular flexibility index (Phi) is 128. The maximum Gasteiger partial charge on any atom is 0 e. The van der Waals surface area contributed by atoms with Crippen molar-refractivity contribution in [1.82, 2.24) is 0 Å². The van der Waals surface area contributed by atoms with E-state index >= 15 is 0 Å². The third-order valence-corrected chi connectivity index (χ3v) is 17.7. The zero-order valence-corrected chi connectivity index (χ0v) is 115. The van der Waals surface area contributed by atoms with Crippen LogP contribution < -0.4 is 0 Å². The summed E-state index contributed by atoms with van der Waals surface area (Å²) in [4.78, 5) is 0. The normalized spacial score (nSPS) is 8.29. The molecule has 18 aromatic rings. The van der Waals surface area contributed by atoms with E-state index in [0.717, 1.165) is 77.9 Å². The molecule has 144 heavy (non-hydrogen) atoms. The second-order valence-corrected chi connectivity index (χ2v) is 25.2. The summed E-state index contributed by atoms with van der Waals surface area (Å²) in [5, 5.41) is 15.0. The van der Waals surface area contributed by atoms with Crippen LogP contribution in [-0.2, 0) is 196 Å². The maximum absolute atomic E-state index is 3.44. The minimum Gasteiger partial charge on any atom is -0.226 e. The van der Waals surface area contributed by atoms with Crippen molar-refractivity contribution >= 4 is 64.6 Å². The molecule has 6 radical (unpaired) electrons. The van der Waals surface area contributed by atoms with Crippen LogP contribution in [-0.4, -0.2) is 0 Å². The van der Waals surface area contributed by atoms with Gasteiger partial charge in [0, 0.05) is 196 Å². The third-order valence-electron chi connectivity index (χ3n) is 17.7. The Morgan fingerprint density at radius 3 is 0.792 bits per heavy atom. The van der Waals surface area contributed by atoms with E-state index in [9.17, 15) is 0 Å². The van der Waals surface area contributed by atoms with Crippen molar-refractivity contribution in [2.45, 2.75) is 291 Å². The van der Waals surface area contributed by atoms with Crippen molar-refractivity contribution < 1.29 is 196 Å². The topological polar surface area (TPSA) is 0 Å². The first-order valence-electron chi connectivity index (χ1n) is 52.4. The van der Waals surface area contributed by atoms with Crippen LogP contribution in [0.2, 0.25) is 0 Å². The van der Waals surface area contributed by atoms with Gasteiger partial charge in [-0.25, -0.2) is 66.8 Å². The van der Waals surface area contributed by atoms with E-state index in [1.165, 1.54) is 86.9 Å². The minimum absolute atomic E-state index is 0. The summed E-state index contributed by atoms with van der Waals surface area (Å²) < 4.78 is 0. The van der Waals surface area contributed by atoms with E-state index in [2.05, 4.69) is 351 Å². The summed E-state index contributed by atoms with van der Waals surface area (Å²) in [5.41, 5.74) is 20.8. The second kappa shape index (κ2) is 113. The van der Waals surface area contributed by atoms with Crippen molar-refractivity contribution in [1.29, 1.82) is 0 Å². The molecule has 18 rings (SSSR count). The molecule has 0 nitrogen and oxygen atoms in total. The molecule has 0 heterocycles. The van der Waals surface area contributed by atoms with Gasteiger partial charge in [0.1, 0.15) is 0 Å². The molecule has 0 fully saturated rings. The quantitative estimate of drug-likeness (QED) is 0.146. The molecule has 0 spiro atoms. The number of hydrogen-bond acceptors (Lipinski definition) is 0. The third kappa shape index (κ3) is 59.1. The summed E-state index contributed by atoms with van der Waals surface area (Å²) >= 11 is 0. The Bertz CT molecular complexity index is 5690. The van der Waals surface area contributed by atoms with Crippen LogP contribution in [0, 0.1) is 114 Å². The summed E-state index contributed by atoms with van der Waals surface area (Å²) in [5.74, 6) is 0. The summed E-state index contributed by atoms with van der Waals surface area (Å²) in [6.07, 6.45) is 0. The number of fused-ring (bicyclic) bond motifs is 6. The summed E-state index contributed by atoms with van der Waals surface area (Å²) in [7, 11) is 0. The number of hydrogen-bond donors (Lipinski definition) is 0. The molecule has 0 bridgehead atoms. The van der Waals surface area contributed by atoms with Crippen LogP contribution in [0.1, 0.15) is 283 Å². The summed E-state index contributed by atoms with van der Waals surface area (Å²) in [6.45, 7) is 84.6. The number of rotatable bonds is 6. The van der Waals surface area contributed by atoms with E-state index in [1.54, 1.807) is 0 Å². The molecule has 0 saturated heterocycles. The zero-order chi connectivity index (χ0) is 106. The predicted octanol–water partition coefficient (Wildman–Crippen LogP) is 45.0. The molecule has 6 heteroatoms. The van der Waals surface area contributed by atoms with Crippen LogP contribution in [0.5, 0.6) is 0 Å². The van der Waals surface area contributed by atoms with Gasteiger partial charge >= 0.3 is 0 Å². The fourth-order valence-electron chi connectivity index (χ4n) is 12.7. The van der Waals surface area contributed by atoms with Crippen molar-refractivity contribution in [3.05, 3.63) is 434 Å². The molecule has 0 saturated carbocycles. The first-order chi connectivity index (χ1) is 68.1. The van der Waals surface area contributed by atoms with Gasteiger partial charge in [-0.3, -0.25) is 0 Å². The summed E-state index contributed by atoms with van der Waals surface area (Å²) in [6, 6.07) is 152. The first-order valence-corrected chi connectivity index (χ1v) is 52.4. The Balaban J connectivity index is -0.000000135. The molecular weight excluding hydrogens is 2190 g/mol. The number of benzene rings is 18. The average molecular weight is 2370 g/mol. The van der Waals surface area contributed by atoms with E-state index in [0.29, 0.717) is 0 Å². The van der Waals surface area contributed by atoms with Gasteiger partial charge in [0.2, 0.25) is 0 Å². The largest absolute Gasteiger partial charge is 0.226 e. The monoisotopic (exact) mass is 2370 g/mol. The Morgan fingerprint density at radius 1 is 0.146 bits per heavy atom. The van der Waals surface area contributed by atoms with Crippen LogP contribution in [0.4, 0.5) is 0 Å². The Morgan fingerprint density at radius 2 is 0.424 bits per heavy atom. The smallest absolute Gasteiger partial charge is 0 e. The standard InChI is InChI=1S/6C17H12.18C2H6.6Y/c2*1-13-6-4-9-15(12-13)17-11-5-8-14-7-2-3-10-16(14)17;1-13-9-11-15(12-10-13)17-8-4-6-14-5-2-3-7-16(14)17;1-13-11-15-9-5-6-10-16(15)17(12-13)14-7-3-2-4-8-14;1-13-11-12-16(14-7-3-2-4-8-14)17-10-6-5-9-15(13)17;1-13-10-11-17-15(12-13)8-5-9-16(17)14-6-3-2-4-7-14;18*1-2;;;;;;/h2-8,10,12H,1H3;2-10H,1H3;3*2-7,9-11H,1H3;2-6,8,10-12H,1H3;18*1-2H3;;;;;;/q6*-2;;;;;;;;;;;;;;;;;;;;;;;;. The Labute approximate surface area is 1040 Å². The van der Waals surface area contributed by atoms with Crippen LogP contribution >= 0.6 is 0 Å². The molecule has 0 aliphatic carbocycles. The molecule has 0 amide bonds. The molecule has 762 valence electrons. The molecule has 0 atom stereocenters. The van der Waals surface area contributed by atoms with Crippen molar-refractivity contribution in [2.24, 2.45) is 0 Å². The fourth-order valence-corrected chi connectivity index (χ4v) is 12.7. The molecule has 0 N–H and O–H groups in total. The molecule has 0 aliphatic heterocycles. The molecule has 18 aromatic carbocycles. The minimum atomic E-state index is 0. The fraction of sp³-hybridized carbons (Fsp3) is 0.304. The van der Waals surface area contributed by atoms with Gasteiger partial charge in [0.25, 0.3) is 0 Å². The molecule has 0 unspecified atom stereocenters. The van der Waals surface area contributed by atoms with Gasteiger partial charge in [-0.1, -0.05) is 393 Å².